The highest BCUT2D eigenvalue weighted by molar-refractivity contribution is 5.49. The molecule has 1 aromatic carbocycles. The van der Waals surface area contributed by atoms with Gasteiger partial charge >= 0.3 is 0 Å². The number of nitro benzene ring substituents is 1. The molecule has 2 aliphatic carbocycles. The second kappa shape index (κ2) is 14.4. The van der Waals surface area contributed by atoms with Gasteiger partial charge in [-0.25, -0.2) is 0 Å². The van der Waals surface area contributed by atoms with Gasteiger partial charge in [-0.3, -0.25) is 10.1 Å². The van der Waals surface area contributed by atoms with E-state index >= 15 is 0 Å². The predicted molar refractivity (Wildman–Crippen MR) is 141 cm³/mol. The minimum Gasteiger partial charge on any atom is -0.375 e. The normalized spacial score (nSPS) is 19.1. The van der Waals surface area contributed by atoms with E-state index in [-0.39, 0.29) is 4.92 Å². The monoisotopic (exact) mass is 456 g/mol. The highest BCUT2D eigenvalue weighted by Crippen LogP contribution is 2.37. The van der Waals surface area contributed by atoms with Crippen LogP contribution in [0.4, 0.5) is 5.69 Å². The summed E-state index contributed by atoms with van der Waals surface area (Å²) in [5.41, 5.74) is 4.10. The lowest BCUT2D eigenvalue weighted by Gasteiger charge is -2.32. The van der Waals surface area contributed by atoms with E-state index in [4.69, 9.17) is 0 Å². The van der Waals surface area contributed by atoms with E-state index in [1.54, 1.807) is 17.8 Å². The zero-order valence-corrected chi connectivity index (χ0v) is 21.9. The van der Waals surface area contributed by atoms with Crippen LogP contribution >= 0.6 is 0 Å². The minimum absolute atomic E-state index is 0.281. The van der Waals surface area contributed by atoms with E-state index in [1.807, 2.05) is 6.07 Å². The van der Waals surface area contributed by atoms with Crippen LogP contribution in [0.5, 0.6) is 0 Å². The molecule has 1 fully saturated rings. The Morgan fingerprint density at radius 1 is 1.15 bits per heavy atom. The highest BCUT2D eigenvalue weighted by atomic mass is 16.6. The summed E-state index contributed by atoms with van der Waals surface area (Å²) >= 11 is 0. The fourth-order valence-corrected chi connectivity index (χ4v) is 5.30. The Balaban J connectivity index is 0.000000254. The Hall–Kier alpha value is -1.84. The van der Waals surface area contributed by atoms with Crippen LogP contribution in [0.3, 0.4) is 0 Å². The minimum atomic E-state index is -0.281. The second-order valence-electron chi connectivity index (χ2n) is 10.2. The molecule has 0 heterocycles. The van der Waals surface area contributed by atoms with Crippen molar-refractivity contribution >= 4 is 5.69 Å². The summed E-state index contributed by atoms with van der Waals surface area (Å²) in [7, 11) is 0. The van der Waals surface area contributed by atoms with Gasteiger partial charge in [0.15, 0.2) is 0 Å². The van der Waals surface area contributed by atoms with Crippen LogP contribution in [0.1, 0.15) is 116 Å². The molecule has 2 aliphatic rings. The van der Waals surface area contributed by atoms with Crippen molar-refractivity contribution in [1.82, 2.24) is 4.90 Å². The lowest BCUT2D eigenvalue weighted by Crippen LogP contribution is -2.29. The zero-order valence-electron chi connectivity index (χ0n) is 21.9. The van der Waals surface area contributed by atoms with Crippen LogP contribution in [0.25, 0.3) is 0 Å². The molecule has 4 heteroatoms. The van der Waals surface area contributed by atoms with Crippen LogP contribution in [0.2, 0.25) is 0 Å². The molecule has 0 spiro atoms. The lowest BCUT2D eigenvalue weighted by molar-refractivity contribution is -0.385. The first-order chi connectivity index (χ1) is 15.9. The van der Waals surface area contributed by atoms with Crippen molar-refractivity contribution < 1.29 is 4.92 Å². The number of rotatable bonds is 11. The van der Waals surface area contributed by atoms with Gasteiger partial charge in [0.1, 0.15) is 0 Å². The van der Waals surface area contributed by atoms with Crippen LogP contribution in [0.15, 0.2) is 30.0 Å². The van der Waals surface area contributed by atoms with Gasteiger partial charge in [-0.1, -0.05) is 78.5 Å². The molecule has 2 unspecified atom stereocenters. The number of nitro groups is 1. The van der Waals surface area contributed by atoms with Gasteiger partial charge in [0.2, 0.25) is 0 Å². The standard InChI is InChI=1S/C19H37N.C10H11NO2/c1-5-8-13-19(18-11-9-10-12-18)20(15-6-2)16-14-17(4)7-3;1-7-5-6-9-8(7)3-2-4-10(9)11(12)13/h13,17-18H,5-12,14-16H2,1-4H3;2-4,7H,5-6H2,1H3/b19-13-;. The molecule has 33 heavy (non-hydrogen) atoms. The van der Waals surface area contributed by atoms with Gasteiger partial charge in [-0.15, -0.1) is 0 Å². The number of allylic oxidation sites excluding steroid dienone is 2. The molecular formula is C29H48N2O2. The maximum Gasteiger partial charge on any atom is 0.272 e. The Morgan fingerprint density at radius 2 is 1.88 bits per heavy atom. The number of fused-ring (bicyclic) bond motifs is 1. The number of nitrogens with zero attached hydrogens (tertiary/aromatic N) is 2. The molecule has 0 N–H and O–H groups in total. The maximum absolute atomic E-state index is 10.7. The molecule has 0 radical (unpaired) electrons. The first-order valence-electron chi connectivity index (χ1n) is 13.6. The average molecular weight is 457 g/mol. The summed E-state index contributed by atoms with van der Waals surface area (Å²) in [6.07, 6.45) is 16.7. The van der Waals surface area contributed by atoms with Gasteiger partial charge in [0, 0.05) is 30.4 Å². The van der Waals surface area contributed by atoms with Crippen molar-refractivity contribution in [3.8, 4) is 0 Å². The SMILES string of the molecule is CC1CCc2c1cccc2[N+](=O)[O-].CCC/C=C(/C1CCCC1)N(CCC)CCC(C)CC. The fourth-order valence-electron chi connectivity index (χ4n) is 5.30. The van der Waals surface area contributed by atoms with Crippen molar-refractivity contribution in [2.75, 3.05) is 13.1 Å². The molecule has 186 valence electrons. The Bertz CT molecular complexity index is 752. The van der Waals surface area contributed by atoms with E-state index in [9.17, 15) is 10.1 Å². The van der Waals surface area contributed by atoms with Crippen LogP contribution in [-0.2, 0) is 6.42 Å². The molecule has 1 saturated carbocycles. The molecule has 0 saturated heterocycles. The van der Waals surface area contributed by atoms with Gasteiger partial charge in [0.05, 0.1) is 4.92 Å². The van der Waals surface area contributed by atoms with E-state index in [0.29, 0.717) is 11.6 Å². The van der Waals surface area contributed by atoms with Crippen LogP contribution in [-0.4, -0.2) is 22.9 Å². The van der Waals surface area contributed by atoms with Crippen molar-refractivity contribution in [3.63, 3.8) is 0 Å². The van der Waals surface area contributed by atoms with E-state index in [0.717, 1.165) is 35.8 Å². The van der Waals surface area contributed by atoms with E-state index < -0.39 is 0 Å². The van der Waals surface area contributed by atoms with E-state index in [1.165, 1.54) is 70.9 Å². The summed E-state index contributed by atoms with van der Waals surface area (Å²) in [6.45, 7) is 14.0. The van der Waals surface area contributed by atoms with Crippen LogP contribution in [0, 0.1) is 22.0 Å². The Labute approximate surface area is 203 Å². The molecule has 0 bridgehead atoms. The predicted octanol–water partition coefficient (Wildman–Crippen LogP) is 8.65. The van der Waals surface area contributed by atoms with Crippen molar-refractivity contribution in [2.45, 2.75) is 111 Å². The van der Waals surface area contributed by atoms with Gasteiger partial charge in [-0.2, -0.15) is 0 Å². The highest BCUT2D eigenvalue weighted by Gasteiger charge is 2.26. The van der Waals surface area contributed by atoms with Gasteiger partial charge < -0.3 is 4.90 Å². The topological polar surface area (TPSA) is 46.4 Å². The molecule has 2 atom stereocenters. The first kappa shape index (κ1) is 27.4. The van der Waals surface area contributed by atoms with Gasteiger partial charge in [-0.05, 0) is 68.3 Å². The summed E-state index contributed by atoms with van der Waals surface area (Å²) in [5, 5.41) is 10.7. The third-order valence-electron chi connectivity index (χ3n) is 7.61. The summed E-state index contributed by atoms with van der Waals surface area (Å²) in [6, 6.07) is 5.37. The van der Waals surface area contributed by atoms with Crippen LogP contribution < -0.4 is 0 Å². The zero-order chi connectivity index (χ0) is 24.2. The number of unbranched alkanes of at least 4 members (excludes halogenated alkanes) is 1. The Morgan fingerprint density at radius 3 is 2.48 bits per heavy atom. The smallest absolute Gasteiger partial charge is 0.272 e. The summed E-state index contributed by atoms with van der Waals surface area (Å²) < 4.78 is 0. The summed E-state index contributed by atoms with van der Waals surface area (Å²) in [5.74, 6) is 2.21. The van der Waals surface area contributed by atoms with Crippen molar-refractivity contribution in [3.05, 3.63) is 51.2 Å². The lowest BCUT2D eigenvalue weighted by atomic mass is 9.99. The third-order valence-corrected chi connectivity index (χ3v) is 7.61. The molecule has 0 aromatic heterocycles. The Kier molecular flexibility index (Phi) is 12.0. The first-order valence-corrected chi connectivity index (χ1v) is 13.6. The molecule has 1 aromatic rings. The number of hydrogen-bond donors (Lipinski definition) is 0. The number of hydrogen-bond acceptors (Lipinski definition) is 3. The van der Waals surface area contributed by atoms with Gasteiger partial charge in [0.25, 0.3) is 5.69 Å². The van der Waals surface area contributed by atoms with Crippen molar-refractivity contribution in [2.24, 2.45) is 11.8 Å². The molecule has 3 rings (SSSR count). The summed E-state index contributed by atoms with van der Waals surface area (Å²) in [4.78, 5) is 13.1. The molecule has 0 amide bonds. The average Bonchev–Trinajstić information content (AvgIpc) is 3.48. The third kappa shape index (κ3) is 8.15. The second-order valence-corrected chi connectivity index (χ2v) is 10.2. The molecule has 0 aliphatic heterocycles. The number of benzene rings is 1. The maximum atomic E-state index is 10.7. The van der Waals surface area contributed by atoms with E-state index in [2.05, 4.69) is 45.6 Å². The molecule has 4 nitrogen and oxygen atoms in total. The largest absolute Gasteiger partial charge is 0.375 e. The van der Waals surface area contributed by atoms with Crippen molar-refractivity contribution in [1.29, 1.82) is 0 Å². The fraction of sp³-hybridized carbons (Fsp3) is 0.724. The quantitative estimate of drug-likeness (QED) is 0.247. The molecular weight excluding hydrogens is 408 g/mol.